The highest BCUT2D eigenvalue weighted by Crippen LogP contribution is 2.43. The molecule has 2 aromatic rings. The second-order valence-corrected chi connectivity index (χ2v) is 6.38. The van der Waals surface area contributed by atoms with E-state index in [2.05, 4.69) is 24.3 Å². The van der Waals surface area contributed by atoms with Gasteiger partial charge in [-0.25, -0.2) is 0 Å². The summed E-state index contributed by atoms with van der Waals surface area (Å²) >= 11 is 0. The third-order valence-corrected chi connectivity index (χ3v) is 5.16. The lowest BCUT2D eigenvalue weighted by Gasteiger charge is -2.33. The van der Waals surface area contributed by atoms with Crippen LogP contribution < -0.4 is 9.47 Å². The van der Waals surface area contributed by atoms with Crippen LogP contribution in [0.25, 0.3) is 0 Å². The predicted molar refractivity (Wildman–Crippen MR) is 91.5 cm³/mol. The summed E-state index contributed by atoms with van der Waals surface area (Å²) < 4.78 is 10.8. The van der Waals surface area contributed by atoms with E-state index >= 15 is 0 Å². The maximum absolute atomic E-state index is 13.1. The number of hydrogen-bond donors (Lipinski definition) is 0. The Balaban J connectivity index is 1.75. The van der Waals surface area contributed by atoms with Crippen molar-refractivity contribution in [3.05, 3.63) is 58.7 Å². The number of rotatable bonds is 3. The van der Waals surface area contributed by atoms with Crippen molar-refractivity contribution in [3.8, 4) is 11.5 Å². The van der Waals surface area contributed by atoms with Gasteiger partial charge in [0.2, 0.25) is 0 Å². The summed E-state index contributed by atoms with van der Waals surface area (Å²) in [6.45, 7) is 0.632. The van der Waals surface area contributed by atoms with Gasteiger partial charge in [-0.1, -0.05) is 30.3 Å². The number of nitrogens with zero attached hydrogens (tertiary/aromatic N) is 1. The first kappa shape index (κ1) is 15.1. The molecule has 0 bridgehead atoms. The molecule has 2 aliphatic rings. The van der Waals surface area contributed by atoms with Crippen molar-refractivity contribution >= 4 is 5.91 Å². The average Bonchev–Trinajstić information content (AvgIpc) is 2.97. The highest BCUT2D eigenvalue weighted by atomic mass is 16.5. The van der Waals surface area contributed by atoms with E-state index in [0.29, 0.717) is 23.6 Å². The fourth-order valence-electron chi connectivity index (χ4n) is 4.04. The first-order valence-corrected chi connectivity index (χ1v) is 8.37. The number of benzene rings is 2. The first-order valence-electron chi connectivity index (χ1n) is 8.37. The van der Waals surface area contributed by atoms with Crippen molar-refractivity contribution in [2.75, 3.05) is 14.2 Å². The minimum absolute atomic E-state index is 0.0439. The third-order valence-electron chi connectivity index (χ3n) is 5.16. The molecule has 0 radical (unpaired) electrons. The second kappa shape index (κ2) is 5.86. The Morgan fingerprint density at radius 3 is 2.67 bits per heavy atom. The van der Waals surface area contributed by atoms with Crippen molar-refractivity contribution in [2.24, 2.45) is 0 Å². The summed E-state index contributed by atoms with van der Waals surface area (Å²) in [5, 5.41) is 0. The molecule has 1 aliphatic heterocycles. The Labute approximate surface area is 142 Å². The topological polar surface area (TPSA) is 38.8 Å². The van der Waals surface area contributed by atoms with Crippen LogP contribution in [0, 0.1) is 0 Å². The van der Waals surface area contributed by atoms with Crippen LogP contribution in [0.4, 0.5) is 0 Å². The summed E-state index contributed by atoms with van der Waals surface area (Å²) in [5.74, 6) is 1.20. The monoisotopic (exact) mass is 323 g/mol. The first-order chi connectivity index (χ1) is 11.7. The van der Waals surface area contributed by atoms with Crippen molar-refractivity contribution in [3.63, 3.8) is 0 Å². The summed E-state index contributed by atoms with van der Waals surface area (Å²) in [6, 6.07) is 12.5. The van der Waals surface area contributed by atoms with Crippen LogP contribution in [-0.4, -0.2) is 25.0 Å². The molecule has 0 fully saturated rings. The van der Waals surface area contributed by atoms with Gasteiger partial charge in [-0.15, -0.1) is 0 Å². The van der Waals surface area contributed by atoms with Gasteiger partial charge in [-0.3, -0.25) is 4.79 Å². The van der Waals surface area contributed by atoms with E-state index < -0.39 is 0 Å². The van der Waals surface area contributed by atoms with Gasteiger partial charge >= 0.3 is 0 Å². The van der Waals surface area contributed by atoms with Crippen LogP contribution in [0.5, 0.6) is 11.5 Å². The summed E-state index contributed by atoms with van der Waals surface area (Å²) in [4.78, 5) is 15.1. The lowest BCUT2D eigenvalue weighted by Crippen LogP contribution is -2.31. The minimum Gasteiger partial charge on any atom is -0.493 e. The standard InChI is InChI=1S/C20H21NO3/c1-23-17-11-10-14-12-21(20(22)18(14)19(17)24-2)16-9-5-7-13-6-3-4-8-15(13)16/h3-4,6,8,10-11,16H,5,7,9,12H2,1-2H3/t16-/m1/s1. The molecule has 4 rings (SSSR count). The van der Waals surface area contributed by atoms with E-state index in [-0.39, 0.29) is 11.9 Å². The van der Waals surface area contributed by atoms with Gasteiger partial charge in [0, 0.05) is 6.54 Å². The number of hydrogen-bond acceptors (Lipinski definition) is 3. The maximum Gasteiger partial charge on any atom is 0.258 e. The zero-order valence-electron chi connectivity index (χ0n) is 14.0. The largest absolute Gasteiger partial charge is 0.493 e. The lowest BCUT2D eigenvalue weighted by atomic mass is 9.87. The Kier molecular flexibility index (Phi) is 3.68. The number of ether oxygens (including phenoxy) is 2. The number of methoxy groups -OCH3 is 2. The molecular weight excluding hydrogens is 302 g/mol. The van der Waals surface area contributed by atoms with Gasteiger partial charge < -0.3 is 14.4 Å². The Bertz CT molecular complexity index is 799. The molecule has 0 spiro atoms. The molecule has 1 atom stereocenters. The van der Waals surface area contributed by atoms with Gasteiger partial charge in [0.1, 0.15) is 0 Å². The fourth-order valence-corrected chi connectivity index (χ4v) is 4.04. The van der Waals surface area contributed by atoms with Crippen LogP contribution >= 0.6 is 0 Å². The second-order valence-electron chi connectivity index (χ2n) is 6.38. The van der Waals surface area contributed by atoms with Crippen molar-refractivity contribution in [2.45, 2.75) is 31.8 Å². The van der Waals surface area contributed by atoms with Crippen LogP contribution in [0.3, 0.4) is 0 Å². The van der Waals surface area contributed by atoms with Crippen LogP contribution in [0.1, 0.15) is 45.9 Å². The van der Waals surface area contributed by atoms with E-state index in [1.54, 1.807) is 14.2 Å². The SMILES string of the molecule is COc1ccc2c(c1OC)C(=O)N([C@@H]1CCCc3ccccc31)C2. The number of carbonyl (C=O) groups is 1. The molecule has 1 amide bonds. The molecule has 0 saturated heterocycles. The van der Waals surface area contributed by atoms with Crippen molar-refractivity contribution in [1.82, 2.24) is 4.90 Å². The summed E-state index contributed by atoms with van der Waals surface area (Å²) in [6.07, 6.45) is 3.22. The molecular formula is C20H21NO3. The molecule has 4 heteroatoms. The van der Waals surface area contributed by atoms with Gasteiger partial charge in [0.15, 0.2) is 11.5 Å². The maximum atomic E-state index is 13.1. The molecule has 1 aliphatic carbocycles. The molecule has 0 N–H and O–H groups in total. The highest BCUT2D eigenvalue weighted by molar-refractivity contribution is 6.02. The number of amides is 1. The normalized spacial score (nSPS) is 19.0. The van der Waals surface area contributed by atoms with Crippen molar-refractivity contribution in [1.29, 1.82) is 0 Å². The molecule has 0 unspecified atom stereocenters. The van der Waals surface area contributed by atoms with E-state index in [0.717, 1.165) is 24.8 Å². The van der Waals surface area contributed by atoms with Crippen LogP contribution in [0.2, 0.25) is 0 Å². The van der Waals surface area contributed by atoms with Gasteiger partial charge in [0.25, 0.3) is 5.91 Å². The molecule has 124 valence electrons. The van der Waals surface area contributed by atoms with E-state index in [1.165, 1.54) is 11.1 Å². The Hall–Kier alpha value is -2.49. The molecule has 0 saturated carbocycles. The quantitative estimate of drug-likeness (QED) is 0.864. The zero-order valence-corrected chi connectivity index (χ0v) is 14.0. The number of carbonyl (C=O) groups excluding carboxylic acids is 1. The lowest BCUT2D eigenvalue weighted by molar-refractivity contribution is 0.0680. The summed E-state index contributed by atoms with van der Waals surface area (Å²) in [7, 11) is 3.18. The van der Waals surface area contributed by atoms with E-state index in [4.69, 9.17) is 9.47 Å². The minimum atomic E-state index is 0.0439. The smallest absolute Gasteiger partial charge is 0.258 e. The summed E-state index contributed by atoms with van der Waals surface area (Å²) in [5.41, 5.74) is 4.32. The van der Waals surface area contributed by atoms with Gasteiger partial charge in [-0.2, -0.15) is 0 Å². The molecule has 24 heavy (non-hydrogen) atoms. The van der Waals surface area contributed by atoms with E-state index in [1.807, 2.05) is 17.0 Å². The third kappa shape index (κ3) is 2.17. The Morgan fingerprint density at radius 2 is 1.88 bits per heavy atom. The number of aryl methyl sites for hydroxylation is 1. The predicted octanol–water partition coefficient (Wildman–Crippen LogP) is 3.74. The molecule has 4 nitrogen and oxygen atoms in total. The fraction of sp³-hybridized carbons (Fsp3) is 0.350. The van der Waals surface area contributed by atoms with Crippen LogP contribution in [-0.2, 0) is 13.0 Å². The van der Waals surface area contributed by atoms with Crippen LogP contribution in [0.15, 0.2) is 36.4 Å². The van der Waals surface area contributed by atoms with Gasteiger partial charge in [-0.05, 0) is 42.0 Å². The average molecular weight is 323 g/mol. The molecule has 2 aromatic carbocycles. The highest BCUT2D eigenvalue weighted by Gasteiger charge is 2.38. The molecule has 0 aromatic heterocycles. The van der Waals surface area contributed by atoms with Gasteiger partial charge in [0.05, 0.1) is 25.8 Å². The van der Waals surface area contributed by atoms with Crippen molar-refractivity contribution < 1.29 is 14.3 Å². The molecule has 1 heterocycles. The zero-order chi connectivity index (χ0) is 16.7. The Morgan fingerprint density at radius 1 is 1.04 bits per heavy atom. The number of fused-ring (bicyclic) bond motifs is 2. The van der Waals surface area contributed by atoms with E-state index in [9.17, 15) is 4.79 Å².